The van der Waals surface area contributed by atoms with Crippen LogP contribution >= 0.6 is 0 Å². The highest BCUT2D eigenvalue weighted by Gasteiger charge is 2.19. The van der Waals surface area contributed by atoms with Gasteiger partial charge in [0.15, 0.2) is 0 Å². The average Bonchev–Trinajstić information content (AvgIpc) is 2.44. The van der Waals surface area contributed by atoms with Gasteiger partial charge in [0.05, 0.1) is 32.3 Å². The molecule has 0 atom stereocenters. The van der Waals surface area contributed by atoms with E-state index in [1.165, 1.54) is 0 Å². The molecular weight excluding hydrogens is 262 g/mol. The fourth-order valence-electron chi connectivity index (χ4n) is 2.25. The zero-order valence-electron chi connectivity index (χ0n) is 12.4. The molecule has 1 aliphatic heterocycles. The minimum Gasteiger partial charge on any atom is -0.481 e. The minimum absolute atomic E-state index is 0.0963. The van der Waals surface area contributed by atoms with Gasteiger partial charge in [0.25, 0.3) is 0 Å². The second kappa shape index (κ2) is 11.0. The van der Waals surface area contributed by atoms with Gasteiger partial charge in [0, 0.05) is 33.4 Å². The van der Waals surface area contributed by atoms with Crippen LogP contribution in [0, 0.1) is 0 Å². The molecule has 118 valence electrons. The lowest BCUT2D eigenvalue weighted by Gasteiger charge is -2.31. The summed E-state index contributed by atoms with van der Waals surface area (Å²) < 4.78 is 15.9. The molecule has 1 N–H and O–H groups in total. The Labute approximate surface area is 121 Å². The van der Waals surface area contributed by atoms with E-state index >= 15 is 0 Å². The van der Waals surface area contributed by atoms with Crippen molar-refractivity contribution in [3.05, 3.63) is 0 Å². The Morgan fingerprint density at radius 3 is 2.60 bits per heavy atom. The summed E-state index contributed by atoms with van der Waals surface area (Å²) >= 11 is 0. The molecular formula is C14H27NO5. The van der Waals surface area contributed by atoms with E-state index in [1.807, 2.05) is 0 Å². The summed E-state index contributed by atoms with van der Waals surface area (Å²) in [5.74, 6) is -0.795. The first-order valence-corrected chi connectivity index (χ1v) is 7.35. The summed E-state index contributed by atoms with van der Waals surface area (Å²) in [7, 11) is 1.67. The third-order valence-electron chi connectivity index (χ3n) is 3.40. The van der Waals surface area contributed by atoms with E-state index in [4.69, 9.17) is 19.3 Å². The number of piperidine rings is 1. The maximum atomic E-state index is 10.4. The van der Waals surface area contributed by atoms with Crippen LogP contribution < -0.4 is 0 Å². The number of nitrogens with zero attached hydrogens (tertiary/aromatic N) is 1. The molecule has 20 heavy (non-hydrogen) atoms. The van der Waals surface area contributed by atoms with Crippen molar-refractivity contribution in [2.75, 3.05) is 53.2 Å². The number of hydrogen-bond donors (Lipinski definition) is 1. The van der Waals surface area contributed by atoms with Crippen molar-refractivity contribution in [3.63, 3.8) is 0 Å². The molecule has 1 saturated heterocycles. The predicted molar refractivity (Wildman–Crippen MR) is 75.0 cm³/mol. The molecule has 0 aromatic carbocycles. The van der Waals surface area contributed by atoms with Crippen LogP contribution in [0.15, 0.2) is 0 Å². The van der Waals surface area contributed by atoms with Crippen molar-refractivity contribution in [2.24, 2.45) is 0 Å². The van der Waals surface area contributed by atoms with Gasteiger partial charge >= 0.3 is 5.97 Å². The molecule has 0 aliphatic carbocycles. The molecule has 0 aromatic rings. The standard InChI is InChI=1S/C14H27NO5/c1-18-11-12-19-9-2-6-15-7-3-13(4-8-15)20-10-5-14(16)17/h13H,2-12H2,1H3,(H,16,17). The zero-order chi connectivity index (χ0) is 14.6. The van der Waals surface area contributed by atoms with Gasteiger partial charge in [-0.1, -0.05) is 0 Å². The molecule has 0 unspecified atom stereocenters. The van der Waals surface area contributed by atoms with Gasteiger partial charge in [-0.25, -0.2) is 0 Å². The van der Waals surface area contributed by atoms with E-state index in [0.29, 0.717) is 19.8 Å². The first-order valence-electron chi connectivity index (χ1n) is 7.35. The molecule has 0 amide bonds. The molecule has 0 spiro atoms. The number of likely N-dealkylation sites (tertiary alicyclic amines) is 1. The molecule has 6 heteroatoms. The van der Waals surface area contributed by atoms with E-state index < -0.39 is 5.97 Å². The van der Waals surface area contributed by atoms with Gasteiger partial charge < -0.3 is 24.2 Å². The number of hydrogen-bond acceptors (Lipinski definition) is 5. The largest absolute Gasteiger partial charge is 0.481 e. The number of rotatable bonds is 11. The normalized spacial score (nSPS) is 17.4. The first-order chi connectivity index (χ1) is 9.72. The highest BCUT2D eigenvalue weighted by Crippen LogP contribution is 2.14. The molecule has 1 heterocycles. The van der Waals surface area contributed by atoms with Crippen LogP contribution in [0.5, 0.6) is 0 Å². The van der Waals surface area contributed by atoms with Gasteiger partial charge in [0.2, 0.25) is 0 Å². The summed E-state index contributed by atoms with van der Waals surface area (Å²) in [4.78, 5) is 12.8. The Kier molecular flexibility index (Phi) is 9.57. The Hall–Kier alpha value is -0.690. The highest BCUT2D eigenvalue weighted by molar-refractivity contribution is 5.66. The summed E-state index contributed by atoms with van der Waals surface area (Å²) in [6.45, 7) is 5.52. The smallest absolute Gasteiger partial charge is 0.305 e. The quantitative estimate of drug-likeness (QED) is 0.572. The lowest BCUT2D eigenvalue weighted by atomic mass is 10.1. The molecule has 0 radical (unpaired) electrons. The lowest BCUT2D eigenvalue weighted by Crippen LogP contribution is -2.38. The van der Waals surface area contributed by atoms with E-state index in [1.54, 1.807) is 7.11 Å². The maximum Gasteiger partial charge on any atom is 0.305 e. The van der Waals surface area contributed by atoms with Gasteiger partial charge in [0.1, 0.15) is 0 Å². The Morgan fingerprint density at radius 2 is 1.95 bits per heavy atom. The second-order valence-corrected chi connectivity index (χ2v) is 5.01. The number of carbonyl (C=O) groups is 1. The first kappa shape index (κ1) is 17.4. The third kappa shape index (κ3) is 8.47. The van der Waals surface area contributed by atoms with Crippen molar-refractivity contribution in [1.82, 2.24) is 4.90 Å². The van der Waals surface area contributed by atoms with Crippen molar-refractivity contribution in [1.29, 1.82) is 0 Å². The molecule has 0 saturated carbocycles. The van der Waals surface area contributed by atoms with Crippen LogP contribution in [-0.2, 0) is 19.0 Å². The molecule has 0 aromatic heterocycles. The van der Waals surface area contributed by atoms with Crippen LogP contribution in [-0.4, -0.2) is 75.3 Å². The van der Waals surface area contributed by atoms with Gasteiger partial charge in [-0.05, 0) is 19.3 Å². The molecule has 6 nitrogen and oxygen atoms in total. The number of aliphatic carboxylic acids is 1. The number of methoxy groups -OCH3 is 1. The SMILES string of the molecule is COCCOCCCN1CCC(OCCC(=O)O)CC1. The number of carboxylic acid groups (broad SMARTS) is 1. The summed E-state index contributed by atoms with van der Waals surface area (Å²) in [6, 6.07) is 0. The van der Waals surface area contributed by atoms with Crippen LogP contribution in [0.1, 0.15) is 25.7 Å². The third-order valence-corrected chi connectivity index (χ3v) is 3.40. The number of carboxylic acids is 1. The Balaban J connectivity index is 1.94. The van der Waals surface area contributed by atoms with Gasteiger partial charge in [-0.3, -0.25) is 4.79 Å². The topological polar surface area (TPSA) is 68.2 Å². The van der Waals surface area contributed by atoms with E-state index in [9.17, 15) is 4.79 Å². The van der Waals surface area contributed by atoms with E-state index in [2.05, 4.69) is 4.90 Å². The minimum atomic E-state index is -0.795. The molecule has 1 fully saturated rings. The van der Waals surface area contributed by atoms with Gasteiger partial charge in [-0.15, -0.1) is 0 Å². The monoisotopic (exact) mass is 289 g/mol. The van der Waals surface area contributed by atoms with Crippen LogP contribution in [0.3, 0.4) is 0 Å². The molecule has 1 rings (SSSR count). The molecule has 0 bridgehead atoms. The second-order valence-electron chi connectivity index (χ2n) is 5.01. The van der Waals surface area contributed by atoms with Crippen LogP contribution in [0.2, 0.25) is 0 Å². The fraction of sp³-hybridized carbons (Fsp3) is 0.929. The summed E-state index contributed by atoms with van der Waals surface area (Å²) in [5.41, 5.74) is 0. The van der Waals surface area contributed by atoms with Crippen molar-refractivity contribution < 1.29 is 24.1 Å². The van der Waals surface area contributed by atoms with Crippen molar-refractivity contribution in [2.45, 2.75) is 31.8 Å². The van der Waals surface area contributed by atoms with Crippen LogP contribution in [0.25, 0.3) is 0 Å². The highest BCUT2D eigenvalue weighted by atomic mass is 16.5. The summed E-state index contributed by atoms with van der Waals surface area (Å²) in [6.07, 6.45) is 3.34. The number of ether oxygens (including phenoxy) is 3. The zero-order valence-corrected chi connectivity index (χ0v) is 12.4. The predicted octanol–water partition coefficient (Wildman–Crippen LogP) is 0.995. The van der Waals surface area contributed by atoms with Crippen molar-refractivity contribution >= 4 is 5.97 Å². The van der Waals surface area contributed by atoms with Crippen molar-refractivity contribution in [3.8, 4) is 0 Å². The van der Waals surface area contributed by atoms with Crippen LogP contribution in [0.4, 0.5) is 0 Å². The lowest BCUT2D eigenvalue weighted by molar-refractivity contribution is -0.138. The Morgan fingerprint density at radius 1 is 1.20 bits per heavy atom. The van der Waals surface area contributed by atoms with E-state index in [0.717, 1.165) is 45.5 Å². The Bertz CT molecular complexity index is 254. The fourth-order valence-corrected chi connectivity index (χ4v) is 2.25. The van der Waals surface area contributed by atoms with E-state index in [-0.39, 0.29) is 12.5 Å². The average molecular weight is 289 g/mol. The van der Waals surface area contributed by atoms with Gasteiger partial charge in [-0.2, -0.15) is 0 Å². The molecule has 1 aliphatic rings. The maximum absolute atomic E-state index is 10.4. The summed E-state index contributed by atoms with van der Waals surface area (Å²) in [5, 5.41) is 8.55.